The molecule has 0 fully saturated rings. The highest BCUT2D eigenvalue weighted by Crippen LogP contribution is 2.24. The molecule has 0 heterocycles. The third kappa shape index (κ3) is 3.39. The molecule has 20 heavy (non-hydrogen) atoms. The average molecular weight is 293 g/mol. The Hall–Kier alpha value is -1.81. The van der Waals surface area contributed by atoms with Crippen LogP contribution in [0.2, 0.25) is 5.02 Å². The summed E-state index contributed by atoms with van der Waals surface area (Å²) in [5, 5.41) is 5.85. The minimum absolute atomic E-state index is 0.0449. The van der Waals surface area contributed by atoms with E-state index in [2.05, 4.69) is 16.7 Å². The van der Waals surface area contributed by atoms with Crippen molar-refractivity contribution in [3.63, 3.8) is 0 Å². The fourth-order valence-corrected chi connectivity index (χ4v) is 2.39. The van der Waals surface area contributed by atoms with Crippen molar-refractivity contribution < 1.29 is 9.59 Å². The molecular formula is C15H17ClN2O2. The molecular weight excluding hydrogens is 276 g/mol. The van der Waals surface area contributed by atoms with E-state index < -0.39 is 0 Å². The van der Waals surface area contributed by atoms with E-state index in [1.165, 1.54) is 0 Å². The van der Waals surface area contributed by atoms with Crippen LogP contribution in [0.5, 0.6) is 0 Å². The second-order valence-corrected chi connectivity index (χ2v) is 5.18. The van der Waals surface area contributed by atoms with Gasteiger partial charge in [-0.2, -0.15) is 0 Å². The van der Waals surface area contributed by atoms with Crippen LogP contribution >= 0.6 is 11.6 Å². The van der Waals surface area contributed by atoms with Crippen LogP contribution in [0.1, 0.15) is 29.6 Å². The molecule has 106 valence electrons. The third-order valence-corrected chi connectivity index (χ3v) is 3.59. The number of hydrogen-bond donors (Lipinski definition) is 2. The third-order valence-electron chi connectivity index (χ3n) is 3.35. The van der Waals surface area contributed by atoms with E-state index in [-0.39, 0.29) is 17.7 Å². The van der Waals surface area contributed by atoms with E-state index in [0.717, 1.165) is 19.3 Å². The zero-order chi connectivity index (χ0) is 14.5. The summed E-state index contributed by atoms with van der Waals surface area (Å²) < 4.78 is 0. The van der Waals surface area contributed by atoms with Crippen LogP contribution in [-0.2, 0) is 4.79 Å². The molecule has 0 bridgehead atoms. The zero-order valence-electron chi connectivity index (χ0n) is 11.3. The molecule has 1 aliphatic rings. The molecule has 0 aromatic heterocycles. The van der Waals surface area contributed by atoms with Gasteiger partial charge in [-0.1, -0.05) is 23.8 Å². The van der Waals surface area contributed by atoms with Crippen molar-refractivity contribution in [2.75, 3.05) is 12.4 Å². The smallest absolute Gasteiger partial charge is 0.253 e. The lowest BCUT2D eigenvalue weighted by atomic mass is 9.93. The van der Waals surface area contributed by atoms with Crippen LogP contribution in [0.4, 0.5) is 5.69 Å². The normalized spacial score (nSPS) is 17.6. The molecule has 1 aliphatic carbocycles. The summed E-state index contributed by atoms with van der Waals surface area (Å²) in [7, 11) is 1.55. The molecule has 1 aromatic carbocycles. The number of amides is 2. The topological polar surface area (TPSA) is 58.2 Å². The fourth-order valence-electron chi connectivity index (χ4n) is 2.22. The summed E-state index contributed by atoms with van der Waals surface area (Å²) in [6, 6.07) is 4.84. The van der Waals surface area contributed by atoms with Gasteiger partial charge >= 0.3 is 0 Å². The minimum Gasteiger partial charge on any atom is -0.355 e. The molecule has 2 N–H and O–H groups in total. The number of anilines is 1. The van der Waals surface area contributed by atoms with Gasteiger partial charge in [-0.25, -0.2) is 0 Å². The fraction of sp³-hybridized carbons (Fsp3) is 0.333. The standard InChI is InChI=1S/C15H17ClN2O2/c1-17-15(20)12-8-7-11(16)9-13(12)18-14(19)10-5-3-2-4-6-10/h2-3,7-10H,4-6H2,1H3,(H,17,20)(H,18,19)/t10-/m1/s1. The highest BCUT2D eigenvalue weighted by molar-refractivity contribution is 6.31. The predicted molar refractivity (Wildman–Crippen MR) is 80.0 cm³/mol. The summed E-state index contributed by atoms with van der Waals surface area (Å²) in [6.07, 6.45) is 6.58. The van der Waals surface area contributed by atoms with Crippen molar-refractivity contribution in [1.82, 2.24) is 5.32 Å². The van der Waals surface area contributed by atoms with Gasteiger partial charge in [0.1, 0.15) is 0 Å². The van der Waals surface area contributed by atoms with Crippen LogP contribution < -0.4 is 10.6 Å². The Bertz CT molecular complexity index is 555. The van der Waals surface area contributed by atoms with E-state index >= 15 is 0 Å². The first-order valence-corrected chi connectivity index (χ1v) is 6.97. The van der Waals surface area contributed by atoms with Gasteiger partial charge in [-0.3, -0.25) is 9.59 Å². The first kappa shape index (κ1) is 14.6. The second kappa shape index (κ2) is 6.57. The summed E-state index contributed by atoms with van der Waals surface area (Å²) in [5.74, 6) is -0.362. The molecule has 4 nitrogen and oxygen atoms in total. The van der Waals surface area contributed by atoms with Crippen molar-refractivity contribution in [3.05, 3.63) is 40.9 Å². The molecule has 1 aromatic rings. The van der Waals surface area contributed by atoms with Crippen molar-refractivity contribution >= 4 is 29.1 Å². The van der Waals surface area contributed by atoms with Gasteiger partial charge in [-0.15, -0.1) is 0 Å². The largest absolute Gasteiger partial charge is 0.355 e. The highest BCUT2D eigenvalue weighted by Gasteiger charge is 2.20. The van der Waals surface area contributed by atoms with E-state index in [1.807, 2.05) is 6.08 Å². The molecule has 0 aliphatic heterocycles. The number of carbonyl (C=O) groups excluding carboxylic acids is 2. The van der Waals surface area contributed by atoms with Crippen molar-refractivity contribution in [1.29, 1.82) is 0 Å². The molecule has 0 spiro atoms. The quantitative estimate of drug-likeness (QED) is 0.842. The Morgan fingerprint density at radius 3 is 2.75 bits per heavy atom. The van der Waals surface area contributed by atoms with Gasteiger partial charge in [0.25, 0.3) is 5.91 Å². The highest BCUT2D eigenvalue weighted by atomic mass is 35.5. The van der Waals surface area contributed by atoms with Crippen LogP contribution in [0.15, 0.2) is 30.4 Å². The van der Waals surface area contributed by atoms with Crippen molar-refractivity contribution in [3.8, 4) is 0 Å². The monoisotopic (exact) mass is 292 g/mol. The van der Waals surface area contributed by atoms with Crippen molar-refractivity contribution in [2.24, 2.45) is 5.92 Å². The summed E-state index contributed by atoms with van der Waals surface area (Å²) in [6.45, 7) is 0. The molecule has 5 heteroatoms. The van der Waals surface area contributed by atoms with Crippen molar-refractivity contribution in [2.45, 2.75) is 19.3 Å². The molecule has 0 saturated heterocycles. The first-order chi connectivity index (χ1) is 9.61. The summed E-state index contributed by atoms with van der Waals surface area (Å²) in [4.78, 5) is 24.0. The molecule has 0 saturated carbocycles. The molecule has 2 rings (SSSR count). The van der Waals surface area contributed by atoms with E-state index in [9.17, 15) is 9.59 Å². The first-order valence-electron chi connectivity index (χ1n) is 6.59. The zero-order valence-corrected chi connectivity index (χ0v) is 12.0. The van der Waals surface area contributed by atoms with E-state index in [0.29, 0.717) is 16.3 Å². The molecule has 2 amide bonds. The Morgan fingerprint density at radius 2 is 2.10 bits per heavy atom. The van der Waals surface area contributed by atoms with Gasteiger partial charge in [0.05, 0.1) is 11.3 Å². The molecule has 0 radical (unpaired) electrons. The van der Waals surface area contributed by atoms with E-state index in [1.54, 1.807) is 25.2 Å². The van der Waals surface area contributed by atoms with Crippen LogP contribution in [0, 0.1) is 5.92 Å². The maximum Gasteiger partial charge on any atom is 0.253 e. The number of benzene rings is 1. The summed E-state index contributed by atoms with van der Waals surface area (Å²) >= 11 is 5.94. The maximum atomic E-state index is 12.2. The van der Waals surface area contributed by atoms with Crippen LogP contribution in [-0.4, -0.2) is 18.9 Å². The lowest BCUT2D eigenvalue weighted by molar-refractivity contribution is -0.120. The molecule has 1 atom stereocenters. The second-order valence-electron chi connectivity index (χ2n) is 4.74. The van der Waals surface area contributed by atoms with Crippen LogP contribution in [0.3, 0.4) is 0 Å². The Kier molecular flexibility index (Phi) is 4.79. The molecule has 0 unspecified atom stereocenters. The van der Waals surface area contributed by atoms with Gasteiger partial charge in [-0.05, 0) is 37.5 Å². The average Bonchev–Trinajstić information content (AvgIpc) is 2.47. The number of rotatable bonds is 3. The minimum atomic E-state index is -0.250. The lowest BCUT2D eigenvalue weighted by Gasteiger charge is -2.18. The van der Waals surface area contributed by atoms with Gasteiger partial charge in [0.15, 0.2) is 0 Å². The predicted octanol–water partition coefficient (Wildman–Crippen LogP) is 2.99. The maximum absolute atomic E-state index is 12.2. The number of hydrogen-bond acceptors (Lipinski definition) is 2. The Labute approximate surface area is 123 Å². The van der Waals surface area contributed by atoms with E-state index in [4.69, 9.17) is 11.6 Å². The number of carbonyl (C=O) groups is 2. The van der Waals surface area contributed by atoms with Crippen LogP contribution in [0.25, 0.3) is 0 Å². The number of allylic oxidation sites excluding steroid dienone is 2. The van der Waals surface area contributed by atoms with Gasteiger partial charge in [0, 0.05) is 18.0 Å². The Balaban J connectivity index is 2.19. The lowest BCUT2D eigenvalue weighted by Crippen LogP contribution is -2.26. The summed E-state index contributed by atoms with van der Waals surface area (Å²) in [5.41, 5.74) is 0.869. The van der Waals surface area contributed by atoms with Gasteiger partial charge in [0.2, 0.25) is 5.91 Å². The number of halogens is 1. The SMILES string of the molecule is CNC(=O)c1ccc(Cl)cc1NC(=O)[C@@H]1CC=CCC1. The number of nitrogens with one attached hydrogen (secondary N) is 2. The Morgan fingerprint density at radius 1 is 1.30 bits per heavy atom. The van der Waals surface area contributed by atoms with Gasteiger partial charge < -0.3 is 10.6 Å².